The van der Waals surface area contributed by atoms with E-state index in [1.54, 1.807) is 0 Å². The first-order valence-corrected chi connectivity index (χ1v) is 5.83. The van der Waals surface area contributed by atoms with E-state index in [9.17, 15) is 26.3 Å². The Morgan fingerprint density at radius 1 is 0.688 bits per heavy atom. The maximum atomic E-state index is 12.5. The van der Waals surface area contributed by atoms with Crippen molar-refractivity contribution in [3.8, 4) is 0 Å². The third-order valence-electron chi connectivity index (χ3n) is 1.67. The fourth-order valence-electron chi connectivity index (χ4n) is 1.11. The van der Waals surface area contributed by atoms with Gasteiger partial charge in [-0.05, 0) is 57.3 Å². The molecule has 0 radical (unpaired) electrons. The Morgan fingerprint density at radius 3 is 1.12 bits per heavy atom. The van der Waals surface area contributed by atoms with Crippen LogP contribution in [0.3, 0.4) is 0 Å². The first-order valence-electron chi connectivity index (χ1n) is 3.67. The maximum Gasteiger partial charge on any atom is 0.418 e. The summed E-state index contributed by atoms with van der Waals surface area (Å²) < 4.78 is 74.1. The van der Waals surface area contributed by atoms with Gasteiger partial charge in [0.2, 0.25) is 0 Å². The van der Waals surface area contributed by atoms with Crippen LogP contribution in [0.15, 0.2) is 12.1 Å². The van der Waals surface area contributed by atoms with Crippen molar-refractivity contribution >= 4 is 45.2 Å². The van der Waals surface area contributed by atoms with E-state index in [0.29, 0.717) is 0 Å². The van der Waals surface area contributed by atoms with E-state index in [2.05, 4.69) is 0 Å². The third-order valence-corrected chi connectivity index (χ3v) is 3.47. The molecule has 0 atom stereocenters. The van der Waals surface area contributed by atoms with Crippen LogP contribution < -0.4 is 0 Å². The van der Waals surface area contributed by atoms with Gasteiger partial charge in [0.25, 0.3) is 0 Å². The van der Waals surface area contributed by atoms with Gasteiger partial charge in [-0.15, -0.1) is 0 Å². The second-order valence-corrected chi connectivity index (χ2v) is 5.10. The summed E-state index contributed by atoms with van der Waals surface area (Å²) in [7, 11) is 0. The Morgan fingerprint density at radius 2 is 0.938 bits per heavy atom. The Hall–Kier alpha value is 0.260. The summed E-state index contributed by atoms with van der Waals surface area (Å²) in [5.74, 6) is 0. The standard InChI is InChI=1S/C8H2F6I2/c9-7(10,11)5-3(15)1-2-4(16)6(5)8(12,13)14/h1-2H. The predicted molar refractivity (Wildman–Crippen MR) is 61.9 cm³/mol. The molecule has 8 heteroatoms. The van der Waals surface area contributed by atoms with Crippen LogP contribution in [0.5, 0.6) is 0 Å². The van der Waals surface area contributed by atoms with Crippen LogP contribution in [0.1, 0.15) is 11.1 Å². The summed E-state index contributed by atoms with van der Waals surface area (Å²) in [6.45, 7) is 0. The zero-order valence-electron chi connectivity index (χ0n) is 7.18. The molecule has 0 fully saturated rings. The molecule has 0 saturated heterocycles. The van der Waals surface area contributed by atoms with Crippen molar-refractivity contribution in [2.45, 2.75) is 12.4 Å². The van der Waals surface area contributed by atoms with Crippen molar-refractivity contribution in [3.05, 3.63) is 30.4 Å². The zero-order valence-corrected chi connectivity index (χ0v) is 11.5. The first-order chi connectivity index (χ1) is 7.05. The number of halogens is 8. The highest BCUT2D eigenvalue weighted by molar-refractivity contribution is 14.1. The lowest BCUT2D eigenvalue weighted by atomic mass is 10.1. The number of hydrogen-bond donors (Lipinski definition) is 0. The molecular formula is C8H2F6I2. The van der Waals surface area contributed by atoms with E-state index in [1.165, 1.54) is 45.2 Å². The second kappa shape index (κ2) is 4.50. The van der Waals surface area contributed by atoms with Gasteiger partial charge in [-0.1, -0.05) is 0 Å². The summed E-state index contributed by atoms with van der Waals surface area (Å²) in [4.78, 5) is 0. The molecule has 1 rings (SSSR count). The van der Waals surface area contributed by atoms with Crippen LogP contribution >= 0.6 is 45.2 Å². The minimum absolute atomic E-state index is 0.460. The van der Waals surface area contributed by atoms with E-state index in [4.69, 9.17) is 0 Å². The van der Waals surface area contributed by atoms with Crippen molar-refractivity contribution in [3.63, 3.8) is 0 Å². The van der Waals surface area contributed by atoms with Crippen molar-refractivity contribution in [2.75, 3.05) is 0 Å². The van der Waals surface area contributed by atoms with E-state index in [-0.39, 0.29) is 0 Å². The molecule has 0 aromatic heterocycles. The molecule has 0 unspecified atom stereocenters. The molecule has 1 aromatic rings. The normalized spacial score (nSPS) is 13.0. The van der Waals surface area contributed by atoms with Gasteiger partial charge in [-0.25, -0.2) is 0 Å². The summed E-state index contributed by atoms with van der Waals surface area (Å²) >= 11 is 2.49. The van der Waals surface area contributed by atoms with E-state index in [1.807, 2.05) is 0 Å². The van der Waals surface area contributed by atoms with Gasteiger partial charge in [0, 0.05) is 7.14 Å². The molecule has 0 heterocycles. The van der Waals surface area contributed by atoms with Gasteiger partial charge in [-0.3, -0.25) is 0 Å². The molecule has 0 N–H and O–H groups in total. The quantitative estimate of drug-likeness (QED) is 0.376. The van der Waals surface area contributed by atoms with Crippen LogP contribution in [0.25, 0.3) is 0 Å². The molecule has 0 saturated carbocycles. The summed E-state index contributed by atoms with van der Waals surface area (Å²) in [5, 5.41) is 0. The van der Waals surface area contributed by atoms with Gasteiger partial charge >= 0.3 is 12.4 Å². The Bertz CT molecular complexity index is 367. The van der Waals surface area contributed by atoms with Crippen molar-refractivity contribution in [1.29, 1.82) is 0 Å². The van der Waals surface area contributed by atoms with Crippen LogP contribution in [0, 0.1) is 7.14 Å². The molecule has 0 aliphatic rings. The highest BCUT2D eigenvalue weighted by Crippen LogP contribution is 2.44. The van der Waals surface area contributed by atoms with Crippen LogP contribution in [-0.2, 0) is 12.4 Å². The van der Waals surface area contributed by atoms with Crippen LogP contribution in [0.2, 0.25) is 0 Å². The molecule has 1 aromatic carbocycles. The summed E-state index contributed by atoms with van der Waals surface area (Å²) in [5.41, 5.74) is -3.24. The van der Waals surface area contributed by atoms with Crippen molar-refractivity contribution in [1.82, 2.24) is 0 Å². The molecule has 0 amide bonds. The lowest BCUT2D eigenvalue weighted by Crippen LogP contribution is -2.19. The van der Waals surface area contributed by atoms with E-state index in [0.717, 1.165) is 12.1 Å². The van der Waals surface area contributed by atoms with E-state index >= 15 is 0 Å². The maximum absolute atomic E-state index is 12.5. The molecule has 0 aliphatic carbocycles. The zero-order chi connectivity index (χ0) is 12.7. The number of benzene rings is 1. The molecular weight excluding hydrogens is 464 g/mol. The predicted octanol–water partition coefficient (Wildman–Crippen LogP) is 4.93. The Labute approximate surface area is 114 Å². The number of rotatable bonds is 0. The molecule has 0 spiro atoms. The smallest absolute Gasteiger partial charge is 0.166 e. The molecule has 16 heavy (non-hydrogen) atoms. The topological polar surface area (TPSA) is 0 Å². The summed E-state index contributed by atoms with van der Waals surface area (Å²) in [6, 6.07) is 2.03. The number of alkyl halides is 6. The van der Waals surface area contributed by atoms with Gasteiger partial charge in [-0.2, -0.15) is 26.3 Å². The fraction of sp³-hybridized carbons (Fsp3) is 0.250. The SMILES string of the molecule is FC(F)(F)c1c(I)ccc(I)c1C(F)(F)F. The highest BCUT2D eigenvalue weighted by Gasteiger charge is 2.45. The largest absolute Gasteiger partial charge is 0.418 e. The Balaban J connectivity index is 3.64. The average Bonchev–Trinajstić information content (AvgIpc) is 2.04. The minimum Gasteiger partial charge on any atom is -0.166 e. The molecule has 0 nitrogen and oxygen atoms in total. The lowest BCUT2D eigenvalue weighted by Gasteiger charge is -2.18. The third kappa shape index (κ3) is 2.93. The van der Waals surface area contributed by atoms with Gasteiger partial charge in [0.1, 0.15) is 0 Å². The first kappa shape index (κ1) is 14.3. The molecule has 0 bridgehead atoms. The molecule has 0 aliphatic heterocycles. The monoisotopic (exact) mass is 466 g/mol. The fourth-order valence-corrected chi connectivity index (χ4v) is 2.62. The minimum atomic E-state index is -5.01. The number of hydrogen-bond acceptors (Lipinski definition) is 0. The van der Waals surface area contributed by atoms with Crippen LogP contribution in [0.4, 0.5) is 26.3 Å². The van der Waals surface area contributed by atoms with Crippen molar-refractivity contribution < 1.29 is 26.3 Å². The van der Waals surface area contributed by atoms with E-state index < -0.39 is 30.6 Å². The van der Waals surface area contributed by atoms with Crippen molar-refractivity contribution in [2.24, 2.45) is 0 Å². The average molecular weight is 466 g/mol. The molecule has 90 valence electrons. The van der Waals surface area contributed by atoms with Gasteiger partial charge in [0.05, 0.1) is 11.1 Å². The van der Waals surface area contributed by atoms with Gasteiger partial charge in [0.15, 0.2) is 0 Å². The second-order valence-electron chi connectivity index (χ2n) is 2.77. The highest BCUT2D eigenvalue weighted by atomic mass is 127. The lowest BCUT2D eigenvalue weighted by molar-refractivity contribution is -0.163. The Kier molecular flexibility index (Phi) is 4.03. The van der Waals surface area contributed by atoms with Crippen LogP contribution in [-0.4, -0.2) is 0 Å². The van der Waals surface area contributed by atoms with Gasteiger partial charge < -0.3 is 0 Å². The summed E-state index contributed by atoms with van der Waals surface area (Å²) in [6.07, 6.45) is -10.0.